The quantitative estimate of drug-likeness (QED) is 0.0955. The lowest BCUT2D eigenvalue weighted by atomic mass is 9.93. The summed E-state index contributed by atoms with van der Waals surface area (Å²) >= 11 is 0. The maximum absolute atomic E-state index is 10.9. The number of nitrogens with one attached hydrogen (secondary N) is 3. The minimum absolute atomic E-state index is 0.440. The highest BCUT2D eigenvalue weighted by Gasteiger charge is 2.53. The summed E-state index contributed by atoms with van der Waals surface area (Å²) in [6.07, 6.45) is -2.49. The molecule has 10 heteroatoms. The second kappa shape index (κ2) is 6.43. The van der Waals surface area contributed by atoms with E-state index >= 15 is 0 Å². The number of aliphatic hydroxyl groups is 3. The van der Waals surface area contributed by atoms with Gasteiger partial charge in [0.05, 0.1) is 12.8 Å². The molecule has 7 N–H and O–H groups in total. The lowest BCUT2D eigenvalue weighted by Gasteiger charge is -2.26. The zero-order chi connectivity index (χ0) is 15.3. The topological polar surface area (TPSA) is 167 Å². The van der Waals surface area contributed by atoms with E-state index in [1.165, 1.54) is 0 Å². The van der Waals surface area contributed by atoms with E-state index in [1.807, 2.05) is 5.32 Å². The first kappa shape index (κ1) is 16.0. The molecule has 4 atom stereocenters. The van der Waals surface area contributed by atoms with Gasteiger partial charge in [-0.2, -0.15) is 0 Å². The van der Waals surface area contributed by atoms with Crippen molar-refractivity contribution in [1.82, 2.24) is 10.6 Å². The van der Waals surface area contributed by atoms with Gasteiger partial charge in [-0.1, -0.05) is 11.2 Å². The first-order chi connectivity index (χ1) is 9.42. The molecule has 1 heterocycles. The Labute approximate surface area is 113 Å². The molecule has 0 aromatic rings. The van der Waals surface area contributed by atoms with Gasteiger partial charge in [-0.15, -0.1) is 6.58 Å². The number of nitrogens with zero attached hydrogens (tertiary/aromatic N) is 1. The summed E-state index contributed by atoms with van der Waals surface area (Å²) in [5, 5.41) is 51.5. The van der Waals surface area contributed by atoms with Crippen LogP contribution in [-0.2, 0) is 9.53 Å². The minimum Gasteiger partial charge on any atom is -0.408 e. The predicted octanol–water partition coefficient (Wildman–Crippen LogP) is -2.92. The molecule has 0 aromatic heterocycles. The van der Waals surface area contributed by atoms with Crippen molar-refractivity contribution in [3.8, 4) is 0 Å². The van der Waals surface area contributed by atoms with Crippen molar-refractivity contribution >= 4 is 18.1 Å². The molecule has 0 unspecified atom stereocenters. The fourth-order valence-electron chi connectivity index (χ4n) is 1.73. The minimum atomic E-state index is -1.90. The highest BCUT2D eigenvalue weighted by Crippen LogP contribution is 2.30. The molecule has 112 valence electrons. The molecule has 1 rings (SSSR count). The van der Waals surface area contributed by atoms with Gasteiger partial charge in [0, 0.05) is 0 Å². The van der Waals surface area contributed by atoms with Crippen LogP contribution in [0.25, 0.3) is 0 Å². The summed E-state index contributed by atoms with van der Waals surface area (Å²) in [5.41, 5.74) is -1.90. The zero-order valence-electron chi connectivity index (χ0n) is 10.4. The second-order valence-electron chi connectivity index (χ2n) is 3.99. The number of guanidine groups is 1. The van der Waals surface area contributed by atoms with Crippen LogP contribution in [0.2, 0.25) is 0 Å². The Balaban J connectivity index is 2.80. The molecule has 10 nitrogen and oxygen atoms in total. The summed E-state index contributed by atoms with van der Waals surface area (Å²) in [7, 11) is 0. The highest BCUT2D eigenvalue weighted by atomic mass is 16.6. The average Bonchev–Trinajstić information content (AvgIpc) is 2.71. The van der Waals surface area contributed by atoms with E-state index in [9.17, 15) is 15.0 Å². The van der Waals surface area contributed by atoms with E-state index in [0.29, 0.717) is 6.21 Å². The van der Waals surface area contributed by atoms with Crippen LogP contribution in [0.3, 0.4) is 0 Å². The molecule has 0 bridgehead atoms. The van der Waals surface area contributed by atoms with E-state index in [0.717, 1.165) is 6.08 Å². The van der Waals surface area contributed by atoms with Crippen molar-refractivity contribution in [2.45, 2.75) is 24.0 Å². The number of ether oxygens (including phenoxy) is 1. The number of rotatable bonds is 4. The molecule has 0 radical (unpaired) electrons. The third-order valence-corrected chi connectivity index (χ3v) is 2.83. The van der Waals surface area contributed by atoms with Crippen LogP contribution in [0.4, 0.5) is 0 Å². The predicted molar refractivity (Wildman–Crippen MR) is 66.2 cm³/mol. The normalized spacial score (nSPS) is 33.5. The van der Waals surface area contributed by atoms with Crippen molar-refractivity contribution in [2.24, 2.45) is 5.16 Å². The van der Waals surface area contributed by atoms with E-state index < -0.39 is 42.5 Å². The number of aliphatic hydroxyl groups excluding tert-OH is 2. The molecule has 1 amide bonds. The van der Waals surface area contributed by atoms with Crippen LogP contribution in [-0.4, -0.2) is 69.3 Å². The highest BCUT2D eigenvalue weighted by molar-refractivity contribution is 6.28. The Morgan fingerprint density at radius 1 is 1.60 bits per heavy atom. The summed E-state index contributed by atoms with van der Waals surface area (Å²) in [4.78, 5) is 10.9. The Bertz CT molecular complexity index is 428. The van der Waals surface area contributed by atoms with Gasteiger partial charge in [-0.05, 0) is 0 Å². The SMILES string of the molecule is C=C[C@@]1(O)[C@@H](CO)O[C@@H](N/C(=N/O)NC(=O)C=N)[C@@H]1O. The van der Waals surface area contributed by atoms with Crippen molar-refractivity contribution < 1.29 is 30.1 Å². The number of hydrogen-bond acceptors (Lipinski definition) is 8. The zero-order valence-corrected chi connectivity index (χ0v) is 10.4. The molecule has 20 heavy (non-hydrogen) atoms. The molecular weight excluding hydrogens is 272 g/mol. The van der Waals surface area contributed by atoms with Gasteiger partial charge in [-0.3, -0.25) is 10.1 Å². The van der Waals surface area contributed by atoms with Gasteiger partial charge in [0.25, 0.3) is 5.91 Å². The molecule has 0 saturated carbocycles. The Morgan fingerprint density at radius 3 is 2.65 bits per heavy atom. The molecule has 1 saturated heterocycles. The van der Waals surface area contributed by atoms with Crippen LogP contribution in [0.5, 0.6) is 0 Å². The average molecular weight is 288 g/mol. The maximum Gasteiger partial charge on any atom is 0.268 e. The van der Waals surface area contributed by atoms with E-state index in [4.69, 9.17) is 20.5 Å². The fourth-order valence-corrected chi connectivity index (χ4v) is 1.73. The first-order valence-electron chi connectivity index (χ1n) is 5.53. The summed E-state index contributed by atoms with van der Waals surface area (Å²) < 4.78 is 5.14. The molecule has 0 spiro atoms. The summed E-state index contributed by atoms with van der Waals surface area (Å²) in [5.74, 6) is -1.37. The van der Waals surface area contributed by atoms with Gasteiger partial charge < -0.3 is 36.0 Å². The van der Waals surface area contributed by atoms with Crippen LogP contribution < -0.4 is 10.6 Å². The Morgan fingerprint density at radius 2 is 2.25 bits per heavy atom. The van der Waals surface area contributed by atoms with Crippen LogP contribution in [0.1, 0.15) is 0 Å². The van der Waals surface area contributed by atoms with Gasteiger partial charge >= 0.3 is 0 Å². The second-order valence-corrected chi connectivity index (χ2v) is 3.99. The molecular formula is C10H16N4O6. The van der Waals surface area contributed by atoms with Crippen molar-refractivity contribution in [3.05, 3.63) is 12.7 Å². The van der Waals surface area contributed by atoms with Gasteiger partial charge in [0.1, 0.15) is 17.8 Å². The smallest absolute Gasteiger partial charge is 0.268 e. The van der Waals surface area contributed by atoms with E-state index in [1.54, 1.807) is 0 Å². The Hall–Kier alpha value is -2.01. The number of oxime groups is 1. The third-order valence-electron chi connectivity index (χ3n) is 2.83. The monoisotopic (exact) mass is 288 g/mol. The number of carbonyl (C=O) groups is 1. The van der Waals surface area contributed by atoms with Crippen molar-refractivity contribution in [2.75, 3.05) is 6.61 Å². The van der Waals surface area contributed by atoms with Crippen LogP contribution in [0, 0.1) is 5.41 Å². The standard InChI is InChI=1S/C10H16N4O6/c1-2-10(18)5(4-15)20-8(7(10)17)13-9(14-19)12-6(16)3-11/h2-3,5,7-8,11,15,17-19H,1,4H2,(H2,12,13,14,16)/t5-,7+,8-,10-/m1/s1. The van der Waals surface area contributed by atoms with Crippen molar-refractivity contribution in [1.29, 1.82) is 5.41 Å². The molecule has 1 aliphatic heterocycles. The van der Waals surface area contributed by atoms with Crippen molar-refractivity contribution in [3.63, 3.8) is 0 Å². The summed E-state index contributed by atoms with van der Waals surface area (Å²) in [6, 6.07) is 0. The molecule has 1 fully saturated rings. The lowest BCUT2D eigenvalue weighted by Crippen LogP contribution is -2.53. The molecule has 1 aliphatic rings. The fraction of sp³-hybridized carbons (Fsp3) is 0.500. The van der Waals surface area contributed by atoms with Crippen LogP contribution in [0.15, 0.2) is 17.8 Å². The van der Waals surface area contributed by atoms with E-state index in [-0.39, 0.29) is 0 Å². The molecule has 0 aromatic carbocycles. The van der Waals surface area contributed by atoms with Gasteiger partial charge in [-0.25, -0.2) is 0 Å². The number of carbonyl (C=O) groups excluding carboxylic acids is 1. The van der Waals surface area contributed by atoms with Crippen LogP contribution >= 0.6 is 0 Å². The number of amides is 1. The first-order valence-corrected chi connectivity index (χ1v) is 5.53. The van der Waals surface area contributed by atoms with Gasteiger partial charge in [0.2, 0.25) is 5.96 Å². The Kier molecular flexibility index (Phi) is 5.16. The summed E-state index contributed by atoms with van der Waals surface area (Å²) in [6.45, 7) is 2.76. The van der Waals surface area contributed by atoms with E-state index in [2.05, 4.69) is 17.1 Å². The third kappa shape index (κ3) is 2.93. The largest absolute Gasteiger partial charge is 0.408 e. The van der Waals surface area contributed by atoms with Gasteiger partial charge in [0.15, 0.2) is 6.23 Å². The number of hydrogen-bond donors (Lipinski definition) is 7. The maximum atomic E-state index is 10.9. The lowest BCUT2D eigenvalue weighted by molar-refractivity contribution is -0.113. The molecule has 0 aliphatic carbocycles.